The zero-order valence-corrected chi connectivity index (χ0v) is 24.6. The molecule has 0 bridgehead atoms. The number of primary amides is 1. The van der Waals surface area contributed by atoms with E-state index >= 15 is 0 Å². The van der Waals surface area contributed by atoms with Gasteiger partial charge in [0.25, 0.3) is 0 Å². The molecule has 0 saturated carbocycles. The number of amides is 4. The highest BCUT2D eigenvalue weighted by atomic mass is 16.3. The lowest BCUT2D eigenvalue weighted by molar-refractivity contribution is -0.140. The molecule has 1 aliphatic heterocycles. The first-order valence-corrected chi connectivity index (χ1v) is 14.6. The van der Waals surface area contributed by atoms with Crippen molar-refractivity contribution in [2.75, 3.05) is 6.54 Å². The van der Waals surface area contributed by atoms with Gasteiger partial charge in [0.15, 0.2) is 0 Å². The van der Waals surface area contributed by atoms with Crippen LogP contribution in [0.4, 0.5) is 0 Å². The van der Waals surface area contributed by atoms with Crippen LogP contribution in [-0.4, -0.2) is 69.5 Å². The van der Waals surface area contributed by atoms with Crippen LogP contribution in [0.5, 0.6) is 11.5 Å². The fourth-order valence-electron chi connectivity index (χ4n) is 5.44. The SMILES string of the molecule is Cc1cc(O)ccc1C[C@H](NC(=O)[C@@H]1CCCN1C(=O)[C@@H](N)Cc1ccc(O)cc1)C(=O)N[C@@H](Cc1ccccc1)C(N)=O. The Bertz CT molecular complexity index is 1480. The predicted molar refractivity (Wildman–Crippen MR) is 164 cm³/mol. The fraction of sp³-hybridized carbons (Fsp3) is 0.333. The number of hydrogen-bond donors (Lipinski definition) is 6. The predicted octanol–water partition coefficient (Wildman–Crippen LogP) is 1.21. The normalized spacial score (nSPS) is 16.5. The zero-order valence-electron chi connectivity index (χ0n) is 24.6. The summed E-state index contributed by atoms with van der Waals surface area (Å²) in [5.74, 6) is -2.05. The van der Waals surface area contributed by atoms with Crippen LogP contribution in [-0.2, 0) is 38.4 Å². The number of carbonyl (C=O) groups excluding carboxylic acids is 4. The maximum absolute atomic E-state index is 13.6. The van der Waals surface area contributed by atoms with Crippen LogP contribution in [0.2, 0.25) is 0 Å². The number of likely N-dealkylation sites (tertiary alicyclic amines) is 1. The third kappa shape index (κ3) is 8.35. The minimum Gasteiger partial charge on any atom is -0.508 e. The van der Waals surface area contributed by atoms with Crippen LogP contribution in [0, 0.1) is 6.92 Å². The summed E-state index contributed by atoms with van der Waals surface area (Å²) < 4.78 is 0. The Labute approximate surface area is 256 Å². The summed E-state index contributed by atoms with van der Waals surface area (Å²) in [4.78, 5) is 54.4. The molecule has 4 rings (SSSR count). The molecular weight excluding hydrogens is 562 g/mol. The minimum atomic E-state index is -1.11. The number of benzene rings is 3. The summed E-state index contributed by atoms with van der Waals surface area (Å²) in [7, 11) is 0. The number of hydrogen-bond acceptors (Lipinski definition) is 7. The number of phenolic OH excluding ortho intramolecular Hbond substituents is 2. The van der Waals surface area contributed by atoms with Crippen LogP contribution < -0.4 is 22.1 Å². The third-order valence-corrected chi connectivity index (χ3v) is 7.87. The molecule has 3 aromatic rings. The number of aromatic hydroxyl groups is 2. The van der Waals surface area contributed by atoms with Crippen molar-refractivity contribution in [2.45, 2.75) is 63.2 Å². The maximum Gasteiger partial charge on any atom is 0.243 e. The van der Waals surface area contributed by atoms with Crippen LogP contribution >= 0.6 is 0 Å². The number of nitrogens with zero attached hydrogens (tertiary/aromatic N) is 1. The van der Waals surface area contributed by atoms with E-state index in [4.69, 9.17) is 11.5 Å². The second-order valence-corrected chi connectivity index (χ2v) is 11.2. The molecule has 0 aliphatic carbocycles. The number of aryl methyl sites for hydroxylation is 1. The van der Waals surface area contributed by atoms with Gasteiger partial charge in [-0.15, -0.1) is 0 Å². The fourth-order valence-corrected chi connectivity index (χ4v) is 5.44. The van der Waals surface area contributed by atoms with Crippen molar-refractivity contribution in [2.24, 2.45) is 11.5 Å². The van der Waals surface area contributed by atoms with E-state index in [9.17, 15) is 29.4 Å². The van der Waals surface area contributed by atoms with Gasteiger partial charge in [-0.1, -0.05) is 48.5 Å². The van der Waals surface area contributed by atoms with E-state index in [-0.39, 0.29) is 36.7 Å². The van der Waals surface area contributed by atoms with Crippen LogP contribution in [0.1, 0.15) is 35.1 Å². The smallest absolute Gasteiger partial charge is 0.243 e. The Morgan fingerprint density at radius 3 is 2.18 bits per heavy atom. The Balaban J connectivity index is 1.50. The van der Waals surface area contributed by atoms with Gasteiger partial charge in [0.2, 0.25) is 23.6 Å². The molecular formula is C33H39N5O6. The summed E-state index contributed by atoms with van der Waals surface area (Å²) >= 11 is 0. The highest BCUT2D eigenvalue weighted by Gasteiger charge is 2.38. The molecule has 0 spiro atoms. The van der Waals surface area contributed by atoms with Gasteiger partial charge in [0, 0.05) is 19.4 Å². The Hall–Kier alpha value is -4.90. The van der Waals surface area contributed by atoms with Crippen molar-refractivity contribution in [3.8, 4) is 11.5 Å². The van der Waals surface area contributed by atoms with Crippen molar-refractivity contribution in [3.05, 3.63) is 95.1 Å². The molecule has 44 heavy (non-hydrogen) atoms. The lowest BCUT2D eigenvalue weighted by Gasteiger charge is -2.29. The standard InChI is InChI=1S/C33H39N5O6/c1-20-16-25(40)14-11-23(20)19-28(31(42)36-27(30(35)41)18-21-6-3-2-4-7-21)37-32(43)29-8-5-15-38(29)33(44)26(34)17-22-9-12-24(39)13-10-22/h2-4,6-7,9-14,16,26-29,39-40H,5,8,15,17-19,34H2,1H3,(H2,35,41)(H,36,42)(H,37,43)/t26-,27-,28-,29-/m0/s1. The topological polar surface area (TPSA) is 188 Å². The summed E-state index contributed by atoms with van der Waals surface area (Å²) in [5, 5.41) is 24.9. The maximum atomic E-state index is 13.6. The molecule has 11 nitrogen and oxygen atoms in total. The van der Waals surface area contributed by atoms with Crippen LogP contribution in [0.25, 0.3) is 0 Å². The van der Waals surface area contributed by atoms with Crippen molar-refractivity contribution in [3.63, 3.8) is 0 Å². The molecule has 4 atom stereocenters. The number of nitrogens with one attached hydrogen (secondary N) is 2. The molecule has 3 aromatic carbocycles. The van der Waals surface area contributed by atoms with Gasteiger partial charge in [0.05, 0.1) is 6.04 Å². The van der Waals surface area contributed by atoms with Crippen molar-refractivity contribution < 1.29 is 29.4 Å². The third-order valence-electron chi connectivity index (χ3n) is 7.87. The molecule has 1 saturated heterocycles. The van der Waals surface area contributed by atoms with E-state index in [1.165, 1.54) is 23.1 Å². The first-order valence-electron chi connectivity index (χ1n) is 14.6. The summed E-state index contributed by atoms with van der Waals surface area (Å²) in [6.07, 6.45) is 1.45. The molecule has 4 amide bonds. The van der Waals surface area contributed by atoms with Gasteiger partial charge in [-0.05, 0) is 72.7 Å². The summed E-state index contributed by atoms with van der Waals surface area (Å²) in [5.41, 5.74) is 14.9. The van der Waals surface area contributed by atoms with E-state index in [1.54, 1.807) is 31.2 Å². The average Bonchev–Trinajstić information content (AvgIpc) is 3.49. The number of phenols is 2. The highest BCUT2D eigenvalue weighted by Crippen LogP contribution is 2.21. The summed E-state index contributed by atoms with van der Waals surface area (Å²) in [6.45, 7) is 2.12. The average molecular weight is 602 g/mol. The first-order chi connectivity index (χ1) is 21.0. The molecule has 0 unspecified atom stereocenters. The molecule has 1 fully saturated rings. The van der Waals surface area contributed by atoms with Gasteiger partial charge >= 0.3 is 0 Å². The van der Waals surface area contributed by atoms with Crippen molar-refractivity contribution >= 4 is 23.6 Å². The number of nitrogens with two attached hydrogens (primary N) is 2. The lowest BCUT2D eigenvalue weighted by Crippen LogP contribution is -2.58. The van der Waals surface area contributed by atoms with Gasteiger partial charge < -0.3 is 37.2 Å². The van der Waals surface area contributed by atoms with E-state index in [2.05, 4.69) is 10.6 Å². The van der Waals surface area contributed by atoms with Gasteiger partial charge in [0.1, 0.15) is 29.6 Å². The quantitative estimate of drug-likeness (QED) is 0.180. The molecule has 0 radical (unpaired) electrons. The second-order valence-electron chi connectivity index (χ2n) is 11.2. The van der Waals surface area contributed by atoms with Gasteiger partial charge in [-0.2, -0.15) is 0 Å². The van der Waals surface area contributed by atoms with E-state index < -0.39 is 41.9 Å². The molecule has 8 N–H and O–H groups in total. The van der Waals surface area contributed by atoms with Crippen molar-refractivity contribution in [1.82, 2.24) is 15.5 Å². The first kappa shape index (κ1) is 32.0. The van der Waals surface area contributed by atoms with Crippen LogP contribution in [0.3, 0.4) is 0 Å². The molecule has 1 heterocycles. The van der Waals surface area contributed by atoms with Gasteiger partial charge in [-0.3, -0.25) is 19.2 Å². The Kier molecular flexibility index (Phi) is 10.6. The number of rotatable bonds is 12. The summed E-state index contributed by atoms with van der Waals surface area (Å²) in [6, 6.07) is 16.4. The number of carbonyl (C=O) groups is 4. The Morgan fingerprint density at radius 2 is 1.52 bits per heavy atom. The van der Waals surface area contributed by atoms with Crippen molar-refractivity contribution in [1.29, 1.82) is 0 Å². The molecule has 0 aromatic heterocycles. The lowest BCUT2D eigenvalue weighted by atomic mass is 9.98. The zero-order chi connectivity index (χ0) is 31.8. The minimum absolute atomic E-state index is 0.0664. The monoisotopic (exact) mass is 601 g/mol. The molecule has 232 valence electrons. The highest BCUT2D eigenvalue weighted by molar-refractivity contribution is 5.95. The van der Waals surface area contributed by atoms with E-state index in [0.29, 0.717) is 30.5 Å². The van der Waals surface area contributed by atoms with E-state index in [1.807, 2.05) is 30.3 Å². The molecule has 11 heteroatoms. The van der Waals surface area contributed by atoms with Crippen LogP contribution in [0.15, 0.2) is 72.8 Å². The van der Waals surface area contributed by atoms with E-state index in [0.717, 1.165) is 11.1 Å². The Morgan fingerprint density at radius 1 is 0.864 bits per heavy atom. The van der Waals surface area contributed by atoms with Gasteiger partial charge in [-0.25, -0.2) is 0 Å². The molecule has 1 aliphatic rings. The largest absolute Gasteiger partial charge is 0.508 e. The second kappa shape index (κ2) is 14.5.